The number of benzene rings is 1. The molecule has 0 radical (unpaired) electrons. The molecule has 9 nitrogen and oxygen atoms in total. The molecule has 0 aromatic heterocycles. The number of methoxy groups -OCH3 is 2. The van der Waals surface area contributed by atoms with E-state index in [-0.39, 0.29) is 48.8 Å². The Morgan fingerprint density at radius 2 is 1.80 bits per heavy atom. The van der Waals surface area contributed by atoms with Crippen LogP contribution in [-0.4, -0.2) is 78.7 Å². The highest BCUT2D eigenvalue weighted by Crippen LogP contribution is 2.31. The van der Waals surface area contributed by atoms with Crippen LogP contribution in [0, 0.1) is 17.8 Å². The maximum Gasteiger partial charge on any atom is 0.330 e. The first-order valence-electron chi connectivity index (χ1n) is 18.3. The fourth-order valence-corrected chi connectivity index (χ4v) is 7.08. The summed E-state index contributed by atoms with van der Waals surface area (Å²) in [5.74, 6) is 0.0918. The number of allylic oxidation sites excluding steroid dienone is 3. The molecule has 1 aromatic rings. The maximum absolute atomic E-state index is 13.4. The van der Waals surface area contributed by atoms with Gasteiger partial charge in [0.15, 0.2) is 0 Å². The van der Waals surface area contributed by atoms with Crippen LogP contribution in [-0.2, 0) is 44.6 Å². The molecule has 284 valence electrons. The Morgan fingerprint density at radius 3 is 2.49 bits per heavy atom. The Labute approximate surface area is 307 Å². The largest absolute Gasteiger partial charge is 0.497 e. The highest BCUT2D eigenvalue weighted by molar-refractivity contribution is 6.76. The number of rotatable bonds is 15. The normalized spacial score (nSPS) is 27.4. The number of hydrogen-bond donors (Lipinski definition) is 0. The number of fused-ring (bicyclic) bond motifs is 2. The van der Waals surface area contributed by atoms with Crippen LogP contribution in [0.2, 0.25) is 25.7 Å². The lowest BCUT2D eigenvalue weighted by atomic mass is 9.86. The first kappa shape index (κ1) is 42.4. The van der Waals surface area contributed by atoms with Gasteiger partial charge in [0.2, 0.25) is 0 Å². The molecule has 1 aromatic carbocycles. The second kappa shape index (κ2) is 21.5. The average Bonchev–Trinajstić information content (AvgIpc) is 3.08. The third-order valence-electron chi connectivity index (χ3n) is 9.68. The highest BCUT2D eigenvalue weighted by atomic mass is 28.3. The van der Waals surface area contributed by atoms with E-state index >= 15 is 0 Å². The van der Waals surface area contributed by atoms with Crippen LogP contribution in [0.15, 0.2) is 71.9 Å². The molecular weight excluding hydrogens is 665 g/mol. The van der Waals surface area contributed by atoms with E-state index in [0.29, 0.717) is 39.1 Å². The van der Waals surface area contributed by atoms with Crippen molar-refractivity contribution in [3.8, 4) is 5.75 Å². The predicted molar refractivity (Wildman–Crippen MR) is 203 cm³/mol. The lowest BCUT2D eigenvalue weighted by molar-refractivity contribution is -0.158. The molecule has 0 saturated carbocycles. The molecule has 2 heterocycles. The standard InChI is InChI=1S/C41H62O9Si/c1-29-12-10-13-30(2)37-24-34(25-40(43)49-37)14-11-15-39(42)50-38(26-36(29)48-28-47-22-23-51(7,8)9)32(4)41(45-6)31(3)20-21-46-27-33-16-18-35(44-5)19-17-33/h10-13,15-20,30,32,34,36-38,41H,14,21-28H2,1-9H3/b13-10+,15-11+,29-12+,31-20+/t30-,32+,34-,36+,37-,38+,41+/m1/s1. The van der Waals surface area contributed by atoms with Gasteiger partial charge in [0.1, 0.15) is 24.8 Å². The van der Waals surface area contributed by atoms with E-state index in [1.54, 1.807) is 14.2 Å². The van der Waals surface area contributed by atoms with Gasteiger partial charge in [-0.15, -0.1) is 0 Å². The van der Waals surface area contributed by atoms with Crippen LogP contribution in [0.1, 0.15) is 58.9 Å². The number of esters is 2. The van der Waals surface area contributed by atoms with E-state index < -0.39 is 20.1 Å². The maximum atomic E-state index is 13.4. The second-order valence-electron chi connectivity index (χ2n) is 15.2. The van der Waals surface area contributed by atoms with Crippen molar-refractivity contribution in [1.82, 2.24) is 0 Å². The van der Waals surface area contributed by atoms with Gasteiger partial charge in [0.25, 0.3) is 0 Å². The van der Waals surface area contributed by atoms with Gasteiger partial charge in [0, 0.05) is 52.5 Å². The van der Waals surface area contributed by atoms with Gasteiger partial charge in [-0.25, -0.2) is 4.79 Å². The van der Waals surface area contributed by atoms with Gasteiger partial charge < -0.3 is 33.2 Å². The topological polar surface area (TPSA) is 98.8 Å². The first-order chi connectivity index (χ1) is 24.3. The summed E-state index contributed by atoms with van der Waals surface area (Å²) < 4.78 is 41.5. The predicted octanol–water partition coefficient (Wildman–Crippen LogP) is 8.23. The summed E-state index contributed by atoms with van der Waals surface area (Å²) in [4.78, 5) is 25.8. The van der Waals surface area contributed by atoms with Gasteiger partial charge >= 0.3 is 11.9 Å². The summed E-state index contributed by atoms with van der Waals surface area (Å²) in [6.07, 6.45) is 12.0. The van der Waals surface area contributed by atoms with Gasteiger partial charge in [-0.05, 0) is 67.5 Å². The quantitative estimate of drug-likeness (QED) is 0.0582. The molecule has 7 atom stereocenters. The van der Waals surface area contributed by atoms with Gasteiger partial charge in [-0.2, -0.15) is 0 Å². The Balaban J connectivity index is 1.83. The molecule has 2 aliphatic heterocycles. The van der Waals surface area contributed by atoms with Crippen LogP contribution in [0.3, 0.4) is 0 Å². The molecule has 0 aliphatic carbocycles. The minimum Gasteiger partial charge on any atom is -0.497 e. The van der Waals surface area contributed by atoms with Gasteiger partial charge in [0.05, 0.1) is 32.5 Å². The fourth-order valence-electron chi connectivity index (χ4n) is 6.32. The molecule has 10 heteroatoms. The molecule has 51 heavy (non-hydrogen) atoms. The van der Waals surface area contributed by atoms with Crippen LogP contribution in [0.4, 0.5) is 0 Å². The van der Waals surface area contributed by atoms with Crippen LogP contribution >= 0.6 is 0 Å². The van der Waals surface area contributed by atoms with Crippen molar-refractivity contribution in [1.29, 1.82) is 0 Å². The van der Waals surface area contributed by atoms with Gasteiger partial charge in [-0.3, -0.25) is 4.79 Å². The van der Waals surface area contributed by atoms with Crippen molar-refractivity contribution in [2.24, 2.45) is 17.8 Å². The Bertz CT molecular complexity index is 1340. The van der Waals surface area contributed by atoms with E-state index in [4.69, 9.17) is 33.2 Å². The van der Waals surface area contributed by atoms with Crippen molar-refractivity contribution >= 4 is 20.0 Å². The van der Waals surface area contributed by atoms with Crippen LogP contribution in [0.25, 0.3) is 0 Å². The number of cyclic esters (lactones) is 1. The summed E-state index contributed by atoms with van der Waals surface area (Å²) in [5, 5.41) is 0. The summed E-state index contributed by atoms with van der Waals surface area (Å²) in [6.45, 7) is 16.7. The van der Waals surface area contributed by atoms with E-state index in [1.807, 2.05) is 69.3 Å². The summed E-state index contributed by atoms with van der Waals surface area (Å²) in [6, 6.07) is 8.84. The minimum absolute atomic E-state index is 0.0390. The second-order valence-corrected chi connectivity index (χ2v) is 20.8. The zero-order valence-corrected chi connectivity index (χ0v) is 33.4. The molecule has 0 N–H and O–H groups in total. The zero-order chi connectivity index (χ0) is 37.4. The zero-order valence-electron chi connectivity index (χ0n) is 32.4. The third kappa shape index (κ3) is 15.2. The fraction of sp³-hybridized carbons (Fsp3) is 0.610. The number of carbonyl (C=O) groups is 2. The van der Waals surface area contributed by atoms with Crippen molar-refractivity contribution in [3.63, 3.8) is 0 Å². The molecule has 2 aliphatic rings. The lowest BCUT2D eigenvalue weighted by Crippen LogP contribution is -2.38. The Hall–Kier alpha value is -3.02. The van der Waals surface area contributed by atoms with Crippen molar-refractivity contribution in [3.05, 3.63) is 77.4 Å². The first-order valence-corrected chi connectivity index (χ1v) is 22.0. The monoisotopic (exact) mass is 726 g/mol. The van der Waals surface area contributed by atoms with E-state index in [0.717, 1.165) is 34.9 Å². The summed E-state index contributed by atoms with van der Waals surface area (Å²) >= 11 is 0. The van der Waals surface area contributed by atoms with E-state index in [9.17, 15) is 9.59 Å². The molecule has 3 rings (SSSR count). The summed E-state index contributed by atoms with van der Waals surface area (Å²) in [5.41, 5.74) is 3.00. The lowest BCUT2D eigenvalue weighted by Gasteiger charge is -2.33. The van der Waals surface area contributed by atoms with Crippen molar-refractivity contribution in [2.75, 3.05) is 34.2 Å². The smallest absolute Gasteiger partial charge is 0.330 e. The number of carbonyl (C=O) groups excluding carboxylic acids is 2. The van der Waals surface area contributed by atoms with Crippen LogP contribution < -0.4 is 4.74 Å². The SMILES string of the molecule is COc1ccc(COC/C=C(\C)[C@H](OC)[C@@H](C)[C@@H]2C[C@H](OCOCC[Si](C)(C)C)/C(C)=C/C=C/[C@@H](C)[C@H]3C[C@@H](C/C=C/C(=O)O2)CC(=O)O3)cc1. The number of ether oxygens (including phenoxy) is 7. The van der Waals surface area contributed by atoms with Crippen LogP contribution in [0.5, 0.6) is 5.75 Å². The Kier molecular flexibility index (Phi) is 17.9. The average molecular weight is 727 g/mol. The Morgan fingerprint density at radius 1 is 1.06 bits per heavy atom. The summed E-state index contributed by atoms with van der Waals surface area (Å²) in [7, 11) is 2.06. The molecule has 1 fully saturated rings. The molecule has 0 spiro atoms. The van der Waals surface area contributed by atoms with E-state index in [1.165, 1.54) is 6.08 Å². The van der Waals surface area contributed by atoms with E-state index in [2.05, 4.69) is 32.6 Å². The van der Waals surface area contributed by atoms with Gasteiger partial charge in [-0.1, -0.05) is 76.0 Å². The van der Waals surface area contributed by atoms with Crippen molar-refractivity contribution < 1.29 is 42.7 Å². The third-order valence-corrected chi connectivity index (χ3v) is 11.4. The molecule has 0 amide bonds. The molecule has 1 saturated heterocycles. The van der Waals surface area contributed by atoms with Crippen molar-refractivity contribution in [2.45, 2.75) is 110 Å². The highest BCUT2D eigenvalue weighted by Gasteiger charge is 2.34. The molecule has 0 unspecified atom stereocenters. The number of hydrogen-bond acceptors (Lipinski definition) is 9. The minimum atomic E-state index is -1.26. The molecule has 2 bridgehead atoms. The molecular formula is C41H62O9Si.